The maximum atomic E-state index is 11.8. The Morgan fingerprint density at radius 2 is 1.95 bits per heavy atom. The van der Waals surface area contributed by atoms with Crippen molar-refractivity contribution in [3.63, 3.8) is 0 Å². The van der Waals surface area contributed by atoms with Crippen LogP contribution in [0.3, 0.4) is 0 Å². The standard InChI is InChI=1S/C14H26N4O/c1-9(2)7-16-14(19)11(4)15-8-13-10(3)17-18(6)12(13)5/h9,11,15H,7-8H2,1-6H3,(H,16,19). The highest BCUT2D eigenvalue weighted by Crippen LogP contribution is 2.11. The predicted octanol–water partition coefficient (Wildman–Crippen LogP) is 1.29. The molecular formula is C14H26N4O. The first-order valence-electron chi connectivity index (χ1n) is 6.83. The van der Waals surface area contributed by atoms with Gasteiger partial charge in [0.1, 0.15) is 0 Å². The summed E-state index contributed by atoms with van der Waals surface area (Å²) in [6.07, 6.45) is 0. The van der Waals surface area contributed by atoms with Crippen LogP contribution in [0.5, 0.6) is 0 Å². The Labute approximate surface area is 115 Å². The highest BCUT2D eigenvalue weighted by atomic mass is 16.2. The van der Waals surface area contributed by atoms with Crippen LogP contribution >= 0.6 is 0 Å². The highest BCUT2D eigenvalue weighted by molar-refractivity contribution is 5.81. The number of aromatic nitrogens is 2. The number of amides is 1. The minimum atomic E-state index is -0.197. The monoisotopic (exact) mass is 266 g/mol. The molecule has 1 rings (SSSR count). The number of hydrogen-bond acceptors (Lipinski definition) is 3. The van der Waals surface area contributed by atoms with E-state index in [0.29, 0.717) is 12.5 Å². The average Bonchev–Trinajstić information content (AvgIpc) is 2.58. The Morgan fingerprint density at radius 3 is 2.42 bits per heavy atom. The van der Waals surface area contributed by atoms with Gasteiger partial charge in [-0.2, -0.15) is 5.10 Å². The first-order valence-corrected chi connectivity index (χ1v) is 6.83. The normalized spacial score (nSPS) is 12.8. The van der Waals surface area contributed by atoms with Crippen LogP contribution in [0.2, 0.25) is 0 Å². The summed E-state index contributed by atoms with van der Waals surface area (Å²) in [6.45, 7) is 11.5. The van der Waals surface area contributed by atoms with Crippen molar-refractivity contribution in [2.24, 2.45) is 13.0 Å². The Morgan fingerprint density at radius 1 is 1.32 bits per heavy atom. The van der Waals surface area contributed by atoms with Gasteiger partial charge in [0, 0.05) is 31.4 Å². The Kier molecular flexibility index (Phi) is 5.54. The first kappa shape index (κ1) is 15.7. The molecule has 2 N–H and O–H groups in total. The second-order valence-electron chi connectivity index (χ2n) is 5.51. The largest absolute Gasteiger partial charge is 0.354 e. The van der Waals surface area contributed by atoms with Gasteiger partial charge in [-0.05, 0) is 26.7 Å². The quantitative estimate of drug-likeness (QED) is 0.815. The molecule has 0 bridgehead atoms. The van der Waals surface area contributed by atoms with Crippen LogP contribution < -0.4 is 10.6 Å². The lowest BCUT2D eigenvalue weighted by Gasteiger charge is -2.15. The van der Waals surface area contributed by atoms with Crippen LogP contribution in [-0.2, 0) is 18.4 Å². The van der Waals surface area contributed by atoms with E-state index in [0.717, 1.165) is 17.9 Å². The third kappa shape index (κ3) is 4.35. The molecule has 0 fully saturated rings. The van der Waals surface area contributed by atoms with E-state index in [9.17, 15) is 4.79 Å². The summed E-state index contributed by atoms with van der Waals surface area (Å²) < 4.78 is 1.87. The summed E-state index contributed by atoms with van der Waals surface area (Å²) in [5, 5.41) is 10.6. The van der Waals surface area contributed by atoms with Gasteiger partial charge in [0.25, 0.3) is 0 Å². The van der Waals surface area contributed by atoms with E-state index < -0.39 is 0 Å². The smallest absolute Gasteiger partial charge is 0.236 e. The van der Waals surface area contributed by atoms with Crippen LogP contribution in [0.25, 0.3) is 0 Å². The van der Waals surface area contributed by atoms with E-state index >= 15 is 0 Å². The zero-order valence-corrected chi connectivity index (χ0v) is 12.9. The fourth-order valence-electron chi connectivity index (χ4n) is 1.88. The van der Waals surface area contributed by atoms with Gasteiger partial charge in [-0.15, -0.1) is 0 Å². The lowest BCUT2D eigenvalue weighted by atomic mass is 10.2. The zero-order chi connectivity index (χ0) is 14.6. The molecule has 0 aliphatic rings. The molecule has 5 heteroatoms. The SMILES string of the molecule is Cc1nn(C)c(C)c1CNC(C)C(=O)NCC(C)C. The summed E-state index contributed by atoms with van der Waals surface area (Å²) in [4.78, 5) is 11.8. The second-order valence-corrected chi connectivity index (χ2v) is 5.51. The minimum Gasteiger partial charge on any atom is -0.354 e. The number of nitrogens with zero attached hydrogens (tertiary/aromatic N) is 2. The van der Waals surface area contributed by atoms with E-state index in [2.05, 4.69) is 29.6 Å². The van der Waals surface area contributed by atoms with Crippen molar-refractivity contribution in [2.45, 2.75) is 47.2 Å². The molecule has 0 saturated carbocycles. The summed E-state index contributed by atoms with van der Waals surface area (Å²) in [7, 11) is 1.94. The summed E-state index contributed by atoms with van der Waals surface area (Å²) >= 11 is 0. The van der Waals surface area contributed by atoms with Crippen molar-refractivity contribution < 1.29 is 4.79 Å². The Hall–Kier alpha value is -1.36. The van der Waals surface area contributed by atoms with E-state index in [4.69, 9.17) is 0 Å². The van der Waals surface area contributed by atoms with Crippen LogP contribution in [0.15, 0.2) is 0 Å². The summed E-state index contributed by atoms with van der Waals surface area (Å²) in [5.41, 5.74) is 3.33. The number of nitrogens with one attached hydrogen (secondary N) is 2. The van der Waals surface area contributed by atoms with E-state index in [-0.39, 0.29) is 11.9 Å². The van der Waals surface area contributed by atoms with Gasteiger partial charge in [0.2, 0.25) is 5.91 Å². The molecule has 0 radical (unpaired) electrons. The molecule has 1 heterocycles. The molecule has 0 saturated heterocycles. The van der Waals surface area contributed by atoms with E-state index in [1.807, 2.05) is 32.5 Å². The molecule has 0 aromatic carbocycles. The molecule has 1 unspecified atom stereocenters. The first-order chi connectivity index (χ1) is 8.82. The zero-order valence-electron chi connectivity index (χ0n) is 12.9. The van der Waals surface area contributed by atoms with Gasteiger partial charge in [0.05, 0.1) is 11.7 Å². The number of carbonyl (C=O) groups excluding carboxylic acids is 1. The van der Waals surface area contributed by atoms with Gasteiger partial charge < -0.3 is 10.6 Å². The fourth-order valence-corrected chi connectivity index (χ4v) is 1.88. The minimum absolute atomic E-state index is 0.0490. The molecule has 0 aliphatic heterocycles. The number of rotatable bonds is 6. The average molecular weight is 266 g/mol. The molecular weight excluding hydrogens is 240 g/mol. The molecule has 1 atom stereocenters. The van der Waals surface area contributed by atoms with Crippen LogP contribution in [0.1, 0.15) is 37.7 Å². The molecule has 0 aliphatic carbocycles. The third-order valence-electron chi connectivity index (χ3n) is 3.32. The Balaban J connectivity index is 2.49. The molecule has 108 valence electrons. The van der Waals surface area contributed by atoms with Crippen molar-refractivity contribution in [1.29, 1.82) is 0 Å². The van der Waals surface area contributed by atoms with Crippen molar-refractivity contribution >= 4 is 5.91 Å². The molecule has 0 spiro atoms. The van der Waals surface area contributed by atoms with Gasteiger partial charge in [-0.25, -0.2) is 0 Å². The molecule has 1 aromatic rings. The van der Waals surface area contributed by atoms with Gasteiger partial charge in [0.15, 0.2) is 0 Å². The maximum absolute atomic E-state index is 11.8. The lowest BCUT2D eigenvalue weighted by Crippen LogP contribution is -2.43. The molecule has 1 amide bonds. The molecule has 19 heavy (non-hydrogen) atoms. The lowest BCUT2D eigenvalue weighted by molar-refractivity contribution is -0.122. The van der Waals surface area contributed by atoms with Crippen LogP contribution in [0, 0.1) is 19.8 Å². The molecule has 5 nitrogen and oxygen atoms in total. The highest BCUT2D eigenvalue weighted by Gasteiger charge is 2.15. The summed E-state index contributed by atoms with van der Waals surface area (Å²) in [5.74, 6) is 0.520. The number of carbonyl (C=O) groups is 1. The van der Waals surface area contributed by atoms with Gasteiger partial charge in [-0.3, -0.25) is 9.48 Å². The van der Waals surface area contributed by atoms with Crippen molar-refractivity contribution in [3.8, 4) is 0 Å². The summed E-state index contributed by atoms with van der Waals surface area (Å²) in [6, 6.07) is -0.197. The predicted molar refractivity (Wildman–Crippen MR) is 76.8 cm³/mol. The number of hydrogen-bond donors (Lipinski definition) is 2. The maximum Gasteiger partial charge on any atom is 0.236 e. The number of aryl methyl sites for hydroxylation is 2. The van der Waals surface area contributed by atoms with Crippen molar-refractivity contribution in [2.75, 3.05) is 6.54 Å². The van der Waals surface area contributed by atoms with Crippen LogP contribution in [0.4, 0.5) is 0 Å². The van der Waals surface area contributed by atoms with E-state index in [1.165, 1.54) is 5.56 Å². The van der Waals surface area contributed by atoms with E-state index in [1.54, 1.807) is 0 Å². The van der Waals surface area contributed by atoms with Gasteiger partial charge in [-0.1, -0.05) is 13.8 Å². The molecule has 1 aromatic heterocycles. The second kappa shape index (κ2) is 6.70. The van der Waals surface area contributed by atoms with Crippen molar-refractivity contribution in [1.82, 2.24) is 20.4 Å². The van der Waals surface area contributed by atoms with Gasteiger partial charge >= 0.3 is 0 Å². The third-order valence-corrected chi connectivity index (χ3v) is 3.32. The van der Waals surface area contributed by atoms with Crippen LogP contribution in [-0.4, -0.2) is 28.3 Å². The van der Waals surface area contributed by atoms with Crippen molar-refractivity contribution in [3.05, 3.63) is 17.0 Å². The topological polar surface area (TPSA) is 59.0 Å². The Bertz CT molecular complexity index is 437. The fraction of sp³-hybridized carbons (Fsp3) is 0.714.